The van der Waals surface area contributed by atoms with Gasteiger partial charge in [0.1, 0.15) is 11.3 Å². The number of hydrogen-bond donors (Lipinski definition) is 1. The number of rotatable bonds is 6. The molecule has 1 fully saturated rings. The summed E-state index contributed by atoms with van der Waals surface area (Å²) in [4.78, 5) is 33.7. The van der Waals surface area contributed by atoms with Crippen molar-refractivity contribution in [2.45, 2.75) is 6.54 Å². The van der Waals surface area contributed by atoms with E-state index in [4.69, 9.17) is 4.74 Å². The molecule has 0 spiro atoms. The number of carbonyl (C=O) groups is 2. The number of aromatic nitrogens is 1. The molecular weight excluding hydrogens is 404 g/mol. The maximum absolute atomic E-state index is 12.7. The predicted octanol–water partition coefficient (Wildman–Crippen LogP) is 3.19. The van der Waals surface area contributed by atoms with Gasteiger partial charge >= 0.3 is 0 Å². The van der Waals surface area contributed by atoms with E-state index < -0.39 is 0 Å². The summed E-state index contributed by atoms with van der Waals surface area (Å²) in [7, 11) is 2.06. The van der Waals surface area contributed by atoms with Gasteiger partial charge in [0.2, 0.25) is 5.88 Å². The van der Waals surface area contributed by atoms with Crippen molar-refractivity contribution in [2.75, 3.05) is 33.2 Å². The first kappa shape index (κ1) is 21.5. The fourth-order valence-electron chi connectivity index (χ4n) is 3.48. The van der Waals surface area contributed by atoms with Gasteiger partial charge in [-0.1, -0.05) is 30.3 Å². The van der Waals surface area contributed by atoms with E-state index in [1.54, 1.807) is 30.5 Å². The number of pyridine rings is 1. The van der Waals surface area contributed by atoms with Crippen molar-refractivity contribution < 1.29 is 14.3 Å². The second-order valence-corrected chi connectivity index (χ2v) is 7.75. The molecule has 7 heteroatoms. The number of amides is 2. The molecule has 4 rings (SSSR count). The number of likely N-dealkylation sites (N-methyl/N-ethyl adjacent to an activating group) is 1. The molecule has 0 atom stereocenters. The highest BCUT2D eigenvalue weighted by molar-refractivity contribution is 5.96. The molecule has 0 radical (unpaired) electrons. The third kappa shape index (κ3) is 5.31. The Balaban J connectivity index is 1.36. The molecule has 0 aliphatic carbocycles. The van der Waals surface area contributed by atoms with Crippen LogP contribution >= 0.6 is 0 Å². The van der Waals surface area contributed by atoms with Gasteiger partial charge in [0.25, 0.3) is 11.8 Å². The number of carbonyl (C=O) groups excluding carboxylic acids is 2. The second kappa shape index (κ2) is 10.1. The maximum atomic E-state index is 12.7. The first-order valence-corrected chi connectivity index (χ1v) is 10.6. The Bertz CT molecular complexity index is 1060. The van der Waals surface area contributed by atoms with Crippen LogP contribution < -0.4 is 10.1 Å². The number of nitrogens with one attached hydrogen (secondary N) is 1. The van der Waals surface area contributed by atoms with E-state index in [2.05, 4.69) is 22.2 Å². The Hall–Kier alpha value is -3.71. The lowest BCUT2D eigenvalue weighted by Crippen LogP contribution is -2.47. The number of para-hydroxylation sites is 1. The van der Waals surface area contributed by atoms with Gasteiger partial charge in [0, 0.05) is 44.5 Å². The Morgan fingerprint density at radius 3 is 2.38 bits per heavy atom. The Morgan fingerprint density at radius 2 is 1.66 bits per heavy atom. The fraction of sp³-hybridized carbons (Fsp3) is 0.240. The van der Waals surface area contributed by atoms with Gasteiger partial charge in [0.05, 0.1) is 0 Å². The topological polar surface area (TPSA) is 74.8 Å². The van der Waals surface area contributed by atoms with Crippen LogP contribution in [0.4, 0.5) is 0 Å². The van der Waals surface area contributed by atoms with E-state index in [1.807, 2.05) is 47.4 Å². The van der Waals surface area contributed by atoms with Crippen LogP contribution in [0.25, 0.3) is 0 Å². The van der Waals surface area contributed by atoms with Crippen LogP contribution in [0.15, 0.2) is 72.9 Å². The van der Waals surface area contributed by atoms with Gasteiger partial charge in [-0.3, -0.25) is 9.59 Å². The van der Waals surface area contributed by atoms with Crippen molar-refractivity contribution in [3.8, 4) is 11.6 Å². The molecule has 1 aromatic heterocycles. The van der Waals surface area contributed by atoms with Crippen molar-refractivity contribution in [1.29, 1.82) is 0 Å². The molecule has 0 saturated carbocycles. The Labute approximate surface area is 187 Å². The van der Waals surface area contributed by atoms with E-state index in [0.717, 1.165) is 31.7 Å². The highest BCUT2D eigenvalue weighted by Crippen LogP contribution is 2.22. The number of piperazine rings is 1. The van der Waals surface area contributed by atoms with E-state index in [1.165, 1.54) is 0 Å². The highest BCUT2D eigenvalue weighted by atomic mass is 16.5. The predicted molar refractivity (Wildman–Crippen MR) is 122 cm³/mol. The van der Waals surface area contributed by atoms with Crippen LogP contribution in [0.2, 0.25) is 0 Å². The summed E-state index contributed by atoms with van der Waals surface area (Å²) in [6.07, 6.45) is 1.59. The average Bonchev–Trinajstić information content (AvgIpc) is 2.84. The molecule has 2 heterocycles. The normalized spacial score (nSPS) is 14.1. The zero-order valence-electron chi connectivity index (χ0n) is 18.0. The summed E-state index contributed by atoms with van der Waals surface area (Å²) in [5.41, 5.74) is 1.93. The zero-order valence-corrected chi connectivity index (χ0v) is 18.0. The molecule has 1 aliphatic rings. The molecule has 1 N–H and O–H groups in total. The first-order valence-electron chi connectivity index (χ1n) is 10.6. The van der Waals surface area contributed by atoms with Crippen LogP contribution in [0.1, 0.15) is 26.3 Å². The summed E-state index contributed by atoms with van der Waals surface area (Å²) >= 11 is 0. The van der Waals surface area contributed by atoms with E-state index in [-0.39, 0.29) is 17.7 Å². The minimum Gasteiger partial charge on any atom is -0.438 e. The van der Waals surface area contributed by atoms with E-state index >= 15 is 0 Å². The van der Waals surface area contributed by atoms with Crippen molar-refractivity contribution in [3.63, 3.8) is 0 Å². The molecule has 7 nitrogen and oxygen atoms in total. The number of nitrogens with zero attached hydrogens (tertiary/aromatic N) is 3. The molecule has 164 valence electrons. The van der Waals surface area contributed by atoms with Crippen LogP contribution in [-0.2, 0) is 6.54 Å². The Morgan fingerprint density at radius 1 is 0.938 bits per heavy atom. The van der Waals surface area contributed by atoms with Gasteiger partial charge in [-0.15, -0.1) is 0 Å². The second-order valence-electron chi connectivity index (χ2n) is 7.75. The SMILES string of the molecule is CN1CCN(C(=O)c2ccc(CNC(=O)c3cccnc3Oc3ccccc3)cc2)CC1. The minimum absolute atomic E-state index is 0.0479. The number of ether oxygens (including phenoxy) is 1. The molecule has 2 amide bonds. The van der Waals surface area contributed by atoms with E-state index in [9.17, 15) is 9.59 Å². The van der Waals surface area contributed by atoms with Crippen molar-refractivity contribution in [1.82, 2.24) is 20.1 Å². The monoisotopic (exact) mass is 430 g/mol. The first-order chi connectivity index (χ1) is 15.6. The van der Waals surface area contributed by atoms with Gasteiger partial charge in [-0.25, -0.2) is 4.98 Å². The van der Waals surface area contributed by atoms with Crippen molar-refractivity contribution >= 4 is 11.8 Å². The summed E-state index contributed by atoms with van der Waals surface area (Å²) < 4.78 is 5.77. The number of benzene rings is 2. The van der Waals surface area contributed by atoms with Gasteiger partial charge in [-0.05, 0) is 49.0 Å². The van der Waals surface area contributed by atoms with Crippen molar-refractivity contribution in [2.24, 2.45) is 0 Å². The lowest BCUT2D eigenvalue weighted by molar-refractivity contribution is 0.0664. The lowest BCUT2D eigenvalue weighted by atomic mass is 10.1. The molecule has 1 aliphatic heterocycles. The molecule has 3 aromatic rings. The molecule has 32 heavy (non-hydrogen) atoms. The van der Waals surface area contributed by atoms with Gasteiger partial charge in [-0.2, -0.15) is 0 Å². The standard InChI is InChI=1S/C25H26N4O3/c1-28-14-16-29(17-15-28)25(31)20-11-9-19(10-12-20)18-27-23(30)22-8-5-13-26-24(22)32-21-6-3-2-4-7-21/h2-13H,14-18H2,1H3,(H,27,30). The van der Waals surface area contributed by atoms with Crippen molar-refractivity contribution in [3.05, 3.63) is 89.6 Å². The van der Waals surface area contributed by atoms with Crippen LogP contribution in [0.3, 0.4) is 0 Å². The van der Waals surface area contributed by atoms with Crippen LogP contribution in [-0.4, -0.2) is 59.8 Å². The summed E-state index contributed by atoms with van der Waals surface area (Å²) in [6.45, 7) is 3.60. The zero-order chi connectivity index (χ0) is 22.3. The quantitative estimate of drug-likeness (QED) is 0.650. The smallest absolute Gasteiger partial charge is 0.257 e. The molecule has 2 aromatic carbocycles. The van der Waals surface area contributed by atoms with Gasteiger partial charge in [0.15, 0.2) is 0 Å². The maximum Gasteiger partial charge on any atom is 0.257 e. The minimum atomic E-state index is -0.276. The summed E-state index contributed by atoms with van der Waals surface area (Å²) in [5.74, 6) is 0.638. The number of hydrogen-bond acceptors (Lipinski definition) is 5. The highest BCUT2D eigenvalue weighted by Gasteiger charge is 2.20. The molecule has 1 saturated heterocycles. The summed E-state index contributed by atoms with van der Waals surface area (Å²) in [6, 6.07) is 20.0. The van der Waals surface area contributed by atoms with Gasteiger partial charge < -0.3 is 19.9 Å². The van der Waals surface area contributed by atoms with Crippen LogP contribution in [0, 0.1) is 0 Å². The lowest BCUT2D eigenvalue weighted by Gasteiger charge is -2.32. The molecule has 0 bridgehead atoms. The fourth-order valence-corrected chi connectivity index (χ4v) is 3.48. The third-order valence-electron chi connectivity index (χ3n) is 5.42. The molecular formula is C25H26N4O3. The van der Waals surface area contributed by atoms with E-state index in [0.29, 0.717) is 23.4 Å². The Kier molecular flexibility index (Phi) is 6.77. The average molecular weight is 431 g/mol. The largest absolute Gasteiger partial charge is 0.438 e. The third-order valence-corrected chi connectivity index (χ3v) is 5.42. The summed E-state index contributed by atoms with van der Waals surface area (Å²) in [5, 5.41) is 2.90. The molecule has 0 unspecified atom stereocenters. The van der Waals surface area contributed by atoms with Crippen LogP contribution in [0.5, 0.6) is 11.6 Å².